The first-order chi connectivity index (χ1) is 32.8. The van der Waals surface area contributed by atoms with Crippen LogP contribution in [-0.2, 0) is 66.5 Å². The Kier molecular flexibility index (Phi) is 17.7. The molecule has 2 bridgehead atoms. The molecule has 3 N–H and O–H groups in total. The lowest BCUT2D eigenvalue weighted by Gasteiger charge is -2.51. The summed E-state index contributed by atoms with van der Waals surface area (Å²) in [5.74, 6) is -4.48. The topological polar surface area (TPSA) is 213 Å². The fourth-order valence-electron chi connectivity index (χ4n) is 11.5. The van der Waals surface area contributed by atoms with Crippen molar-refractivity contribution in [2.75, 3.05) is 20.8 Å². The summed E-state index contributed by atoms with van der Waals surface area (Å²) >= 11 is 0. The van der Waals surface area contributed by atoms with Gasteiger partial charge in [-0.15, -0.1) is 0 Å². The van der Waals surface area contributed by atoms with Crippen LogP contribution in [0.5, 0.6) is 0 Å². The van der Waals surface area contributed by atoms with Crippen molar-refractivity contribution in [3.63, 3.8) is 0 Å². The number of methoxy groups -OCH3 is 2. The van der Waals surface area contributed by atoms with Gasteiger partial charge in [-0.25, -0.2) is 0 Å². The Hall–Kier alpha value is -3.07. The molecule has 5 saturated heterocycles. The fraction of sp³-hybridized carbons (Fsp3) is 0.788. The van der Waals surface area contributed by atoms with E-state index in [9.17, 15) is 29.7 Å². The third kappa shape index (κ3) is 11.9. The van der Waals surface area contributed by atoms with Crippen LogP contribution in [0, 0.1) is 23.7 Å². The van der Waals surface area contributed by atoms with E-state index >= 15 is 0 Å². The van der Waals surface area contributed by atoms with Crippen molar-refractivity contribution in [3.8, 4) is 0 Å². The molecule has 20 atom stereocenters. The highest BCUT2D eigenvalue weighted by atomic mass is 16.7. The molecule has 7 rings (SSSR count). The number of rotatable bonds is 12. The molecule has 0 radical (unpaired) electrons. The second-order valence-electron chi connectivity index (χ2n) is 20.7. The Morgan fingerprint density at radius 3 is 2.33 bits per heavy atom. The third-order valence-electron chi connectivity index (χ3n) is 15.7. The van der Waals surface area contributed by atoms with E-state index in [1.165, 1.54) is 0 Å². The molecule has 6 heterocycles. The number of hydrogen-bond donors (Lipinski definition) is 3. The summed E-state index contributed by atoms with van der Waals surface area (Å²) in [7, 11) is 3.19. The van der Waals surface area contributed by atoms with Crippen LogP contribution in [0.3, 0.4) is 0 Å². The zero-order valence-electron chi connectivity index (χ0n) is 42.1. The molecule has 5 fully saturated rings. The molecule has 0 saturated carbocycles. The van der Waals surface area contributed by atoms with Gasteiger partial charge in [-0.2, -0.15) is 0 Å². The van der Waals surface area contributed by atoms with Gasteiger partial charge < -0.3 is 67.4 Å². The monoisotopic (exact) mass is 975 g/mol. The Morgan fingerprint density at radius 1 is 0.913 bits per heavy atom. The SMILES string of the molecule is CCC(C)C1OC2(CCC1C)CC1CC(C/C=C(\C)C(OC3CC(OC)C(OC4CC(OC)C(O)C(C)O4)C(C)O3)C(C)/C=C/C=C3\COC4C(OC(=O)CCC(=O)O)C(C)=CC(C(=O)O1)C34O)O2. The number of aliphatic carboxylic acids is 1. The number of ether oxygens (including phenoxy) is 11. The first-order valence-electron chi connectivity index (χ1n) is 25.2. The van der Waals surface area contributed by atoms with E-state index < -0.39 is 121 Å². The van der Waals surface area contributed by atoms with Crippen molar-refractivity contribution in [1.29, 1.82) is 0 Å². The van der Waals surface area contributed by atoms with Gasteiger partial charge in [0, 0.05) is 52.2 Å². The van der Waals surface area contributed by atoms with Crippen LogP contribution < -0.4 is 0 Å². The fourth-order valence-corrected chi connectivity index (χ4v) is 11.5. The lowest BCUT2D eigenvalue weighted by Crippen LogP contribution is -2.59. The van der Waals surface area contributed by atoms with Crippen molar-refractivity contribution in [3.05, 3.63) is 47.1 Å². The molecule has 17 heteroatoms. The first-order valence-corrected chi connectivity index (χ1v) is 25.2. The summed E-state index contributed by atoms with van der Waals surface area (Å²) in [5, 5.41) is 32.7. The summed E-state index contributed by atoms with van der Waals surface area (Å²) in [6.45, 7) is 15.9. The number of allylic oxidation sites excluding steroid dienone is 2. The average Bonchev–Trinajstić information content (AvgIpc) is 3.65. The Labute approximate surface area is 407 Å². The molecule has 69 heavy (non-hydrogen) atoms. The zero-order chi connectivity index (χ0) is 49.9. The van der Waals surface area contributed by atoms with Gasteiger partial charge in [0.15, 0.2) is 24.5 Å². The van der Waals surface area contributed by atoms with Crippen LogP contribution in [0.25, 0.3) is 0 Å². The predicted molar refractivity (Wildman–Crippen MR) is 248 cm³/mol. The highest BCUT2D eigenvalue weighted by Crippen LogP contribution is 2.49. The van der Waals surface area contributed by atoms with E-state index in [1.54, 1.807) is 46.3 Å². The molecule has 1 aliphatic carbocycles. The highest BCUT2D eigenvalue weighted by molar-refractivity contribution is 5.79. The maximum Gasteiger partial charge on any atom is 0.316 e. The Bertz CT molecular complexity index is 1930. The standard InChI is InChI=1S/C52H78O17/c1-11-27(2)46-30(5)19-20-51(69-46)25-36-22-35(68-51)16-15-29(4)45(66-43-24-39(60-10)48(33(8)63-43)67-42-23-38(59-9)44(56)32(7)62-42)28(3)13-12-14-34-26-61-49-47(65-41(55)18-17-40(53)54)31(6)21-37(50(57)64-36)52(34,49)58/h12-15,21,27-28,30,32-33,35-39,42-49,56,58H,11,16-20,22-26H2,1-10H3,(H,53,54)/b13-12+,29-15+,34-14+. The smallest absolute Gasteiger partial charge is 0.316 e. The van der Waals surface area contributed by atoms with Crippen LogP contribution in [-0.4, -0.2) is 151 Å². The number of carbonyl (C=O) groups excluding carboxylic acids is 2. The number of esters is 2. The average molecular weight is 975 g/mol. The number of carbonyl (C=O) groups is 3. The number of carboxylic acid groups (broad SMARTS) is 1. The quantitative estimate of drug-likeness (QED) is 0.151. The van der Waals surface area contributed by atoms with Crippen LogP contribution in [0.2, 0.25) is 0 Å². The number of fused-ring (bicyclic) bond motifs is 2. The minimum Gasteiger partial charge on any atom is -0.481 e. The lowest BCUT2D eigenvalue weighted by atomic mass is 9.70. The maximum atomic E-state index is 14.7. The van der Waals surface area contributed by atoms with Crippen LogP contribution >= 0.6 is 0 Å². The van der Waals surface area contributed by atoms with E-state index in [4.69, 9.17) is 52.1 Å². The van der Waals surface area contributed by atoms with Crippen LogP contribution in [0.4, 0.5) is 0 Å². The third-order valence-corrected chi connectivity index (χ3v) is 15.7. The largest absolute Gasteiger partial charge is 0.481 e. The van der Waals surface area contributed by atoms with Crippen molar-refractivity contribution < 1.29 is 81.8 Å². The molecule has 0 aromatic carbocycles. The molecular weight excluding hydrogens is 897 g/mol. The summed E-state index contributed by atoms with van der Waals surface area (Å²) in [6, 6.07) is 0. The van der Waals surface area contributed by atoms with E-state index in [0.29, 0.717) is 55.6 Å². The number of hydrogen-bond acceptors (Lipinski definition) is 16. The molecule has 0 amide bonds. The summed E-state index contributed by atoms with van der Waals surface area (Å²) in [6.07, 6.45) is 4.39. The molecular formula is C52H78O17. The highest BCUT2D eigenvalue weighted by Gasteiger charge is 2.61. The molecule has 1 spiro atoms. The summed E-state index contributed by atoms with van der Waals surface area (Å²) in [4.78, 5) is 38.9. The molecule has 20 unspecified atom stereocenters. The first kappa shape index (κ1) is 53.7. The van der Waals surface area contributed by atoms with Crippen molar-refractivity contribution >= 4 is 17.9 Å². The van der Waals surface area contributed by atoms with Crippen molar-refractivity contribution in [2.24, 2.45) is 23.7 Å². The van der Waals surface area contributed by atoms with E-state index in [-0.39, 0.29) is 31.0 Å². The van der Waals surface area contributed by atoms with Gasteiger partial charge >= 0.3 is 17.9 Å². The van der Waals surface area contributed by atoms with E-state index in [0.717, 1.165) is 18.4 Å². The minimum absolute atomic E-state index is 0.0592. The van der Waals surface area contributed by atoms with Crippen LogP contribution in [0.1, 0.15) is 120 Å². The Morgan fingerprint density at radius 2 is 1.62 bits per heavy atom. The summed E-state index contributed by atoms with van der Waals surface area (Å²) < 4.78 is 70.1. The van der Waals surface area contributed by atoms with Gasteiger partial charge in [0.2, 0.25) is 0 Å². The summed E-state index contributed by atoms with van der Waals surface area (Å²) in [5.41, 5.74) is -0.202. The second-order valence-corrected chi connectivity index (χ2v) is 20.7. The predicted octanol–water partition coefficient (Wildman–Crippen LogP) is 6.02. The molecule has 0 aromatic rings. The van der Waals surface area contributed by atoms with Gasteiger partial charge in [-0.3, -0.25) is 14.4 Å². The van der Waals surface area contributed by atoms with Gasteiger partial charge in [0.25, 0.3) is 0 Å². The lowest BCUT2D eigenvalue weighted by molar-refractivity contribution is -0.340. The van der Waals surface area contributed by atoms with Gasteiger partial charge in [-0.05, 0) is 69.1 Å². The van der Waals surface area contributed by atoms with Crippen molar-refractivity contribution in [1.82, 2.24) is 0 Å². The van der Waals surface area contributed by atoms with Crippen molar-refractivity contribution in [2.45, 2.75) is 217 Å². The van der Waals surface area contributed by atoms with E-state index in [1.807, 2.05) is 26.8 Å². The zero-order valence-corrected chi connectivity index (χ0v) is 42.1. The van der Waals surface area contributed by atoms with Gasteiger partial charge in [0.05, 0.1) is 62.2 Å². The molecule has 388 valence electrons. The number of aliphatic hydroxyl groups is 2. The molecule has 0 aromatic heterocycles. The molecule has 7 aliphatic rings. The van der Waals surface area contributed by atoms with E-state index in [2.05, 4.69) is 26.8 Å². The van der Waals surface area contributed by atoms with Gasteiger partial charge in [0.1, 0.15) is 35.9 Å². The normalized spacial score (nSPS) is 45.4. The molecule has 17 nitrogen and oxygen atoms in total. The minimum atomic E-state index is -1.99. The Balaban J connectivity index is 1.20. The number of aliphatic hydroxyl groups excluding tert-OH is 1. The second kappa shape index (κ2) is 22.8. The van der Waals surface area contributed by atoms with Gasteiger partial charge in [-0.1, -0.05) is 64.5 Å². The van der Waals surface area contributed by atoms with Crippen LogP contribution in [0.15, 0.2) is 47.1 Å². The maximum absolute atomic E-state index is 14.7. The molecule has 6 aliphatic heterocycles. The number of carboxylic acids is 1.